The molecular weight excluding hydrogens is 409 g/mol. The van der Waals surface area contributed by atoms with E-state index >= 15 is 0 Å². The molecule has 0 spiro atoms. The lowest BCUT2D eigenvalue weighted by Gasteiger charge is -2.11. The molecule has 2 aromatic heterocycles. The number of pyridine rings is 1. The Morgan fingerprint density at radius 1 is 1.34 bits per heavy atom. The highest BCUT2D eigenvalue weighted by molar-refractivity contribution is 6.04. The molecule has 0 radical (unpaired) electrons. The third-order valence-electron chi connectivity index (χ3n) is 4.57. The second-order valence-corrected chi connectivity index (χ2v) is 6.82. The zero-order valence-corrected chi connectivity index (χ0v) is 17.7. The number of amidine groups is 1. The molecule has 1 atom stereocenters. The Morgan fingerprint density at radius 3 is 2.81 bits per heavy atom. The van der Waals surface area contributed by atoms with E-state index in [-0.39, 0.29) is 12.4 Å². The Hall–Kier alpha value is -4.16. The summed E-state index contributed by atoms with van der Waals surface area (Å²) in [6.45, 7) is 5.01. The highest BCUT2D eigenvalue weighted by Crippen LogP contribution is 2.30. The van der Waals surface area contributed by atoms with Gasteiger partial charge in [0.15, 0.2) is 5.84 Å². The number of halogens is 1. The fourth-order valence-electron chi connectivity index (χ4n) is 2.78. The maximum atomic E-state index is 13.8. The van der Waals surface area contributed by atoms with Crippen LogP contribution in [0, 0.1) is 11.3 Å². The largest absolute Gasteiger partial charge is 0.438 e. The lowest BCUT2D eigenvalue weighted by atomic mass is 10.1. The number of ether oxygens (including phenoxy) is 1. The monoisotopic (exact) mass is 431 g/mol. The summed E-state index contributed by atoms with van der Waals surface area (Å²) in [5, 5.41) is 13.8. The van der Waals surface area contributed by atoms with Crippen LogP contribution in [0.5, 0.6) is 11.6 Å². The van der Waals surface area contributed by atoms with Gasteiger partial charge in [0, 0.05) is 32.1 Å². The van der Waals surface area contributed by atoms with Gasteiger partial charge in [-0.3, -0.25) is 4.98 Å². The number of hydrogen-bond acceptors (Lipinski definition) is 6. The predicted molar refractivity (Wildman–Crippen MR) is 121 cm³/mol. The molecule has 2 heterocycles. The van der Waals surface area contributed by atoms with Gasteiger partial charge in [0.2, 0.25) is 5.88 Å². The molecule has 0 aliphatic heterocycles. The van der Waals surface area contributed by atoms with Crippen LogP contribution in [0.3, 0.4) is 0 Å². The third-order valence-corrected chi connectivity index (χ3v) is 4.57. The molecule has 162 valence electrons. The van der Waals surface area contributed by atoms with Crippen LogP contribution in [-0.4, -0.2) is 40.0 Å². The zero-order chi connectivity index (χ0) is 23.1. The summed E-state index contributed by atoms with van der Waals surface area (Å²) >= 11 is 0. The van der Waals surface area contributed by atoms with E-state index in [1.54, 1.807) is 49.1 Å². The number of benzene rings is 1. The van der Waals surface area contributed by atoms with Crippen molar-refractivity contribution in [1.29, 1.82) is 5.26 Å². The molecule has 0 aliphatic carbocycles. The quantitative estimate of drug-likeness (QED) is 0.451. The number of alkyl halides is 1. The van der Waals surface area contributed by atoms with Crippen molar-refractivity contribution in [3.63, 3.8) is 0 Å². The van der Waals surface area contributed by atoms with E-state index < -0.39 is 6.17 Å². The first-order valence-electron chi connectivity index (χ1n) is 9.70. The number of aryl methyl sites for hydroxylation is 1. The van der Waals surface area contributed by atoms with Crippen molar-refractivity contribution in [1.82, 2.24) is 14.8 Å². The second-order valence-electron chi connectivity index (χ2n) is 6.82. The molecule has 0 saturated carbocycles. The van der Waals surface area contributed by atoms with Crippen LogP contribution in [0.1, 0.15) is 18.1 Å². The van der Waals surface area contributed by atoms with Crippen molar-refractivity contribution in [3.05, 3.63) is 71.6 Å². The van der Waals surface area contributed by atoms with Gasteiger partial charge in [-0.05, 0) is 49.5 Å². The maximum absolute atomic E-state index is 13.8. The molecule has 3 aromatic rings. The molecule has 8 nitrogen and oxygen atoms in total. The Kier molecular flexibility index (Phi) is 7.21. The highest BCUT2D eigenvalue weighted by Gasteiger charge is 2.16. The fraction of sp³-hybridized carbons (Fsp3) is 0.174. The Balaban J connectivity index is 2.01. The van der Waals surface area contributed by atoms with Crippen molar-refractivity contribution in [2.45, 2.75) is 13.1 Å². The normalized spacial score (nSPS) is 12.8. The van der Waals surface area contributed by atoms with E-state index in [0.717, 1.165) is 0 Å². The van der Waals surface area contributed by atoms with Crippen LogP contribution in [0.2, 0.25) is 0 Å². The van der Waals surface area contributed by atoms with Gasteiger partial charge in [-0.15, -0.1) is 0 Å². The molecule has 1 aromatic carbocycles. The van der Waals surface area contributed by atoms with Gasteiger partial charge in [0.1, 0.15) is 17.6 Å². The Labute approximate surface area is 185 Å². The smallest absolute Gasteiger partial charge is 0.218 e. The van der Waals surface area contributed by atoms with E-state index in [4.69, 9.17) is 10.5 Å². The zero-order valence-electron chi connectivity index (χ0n) is 17.7. The number of aromatic nitrogens is 3. The summed E-state index contributed by atoms with van der Waals surface area (Å²) in [5.41, 5.74) is 7.91. The summed E-state index contributed by atoms with van der Waals surface area (Å²) in [5.74, 6) is 0.955. The minimum absolute atomic E-state index is 0.140. The molecular formula is C23H22FN7O. The first-order chi connectivity index (χ1) is 15.5. The molecule has 0 saturated heterocycles. The van der Waals surface area contributed by atoms with Gasteiger partial charge in [-0.2, -0.15) is 10.4 Å². The van der Waals surface area contributed by atoms with Crippen molar-refractivity contribution >= 4 is 12.6 Å². The van der Waals surface area contributed by atoms with Gasteiger partial charge in [0.25, 0.3) is 0 Å². The first-order valence-corrected chi connectivity index (χ1v) is 9.70. The van der Waals surface area contributed by atoms with E-state index in [9.17, 15) is 9.65 Å². The Bertz CT molecular complexity index is 1210. The van der Waals surface area contributed by atoms with Gasteiger partial charge in [-0.25, -0.2) is 19.1 Å². The highest BCUT2D eigenvalue weighted by atomic mass is 19.1. The van der Waals surface area contributed by atoms with Crippen molar-refractivity contribution in [3.8, 4) is 29.1 Å². The topological polar surface area (TPSA) is 114 Å². The molecule has 0 unspecified atom stereocenters. The van der Waals surface area contributed by atoms with Crippen molar-refractivity contribution < 1.29 is 9.13 Å². The standard InChI is InChI=1S/C23H22FN7O/c1-15(18(24)13-26)14-29-23(27-2)17-8-7-16(12-25)10-21(17)32-22-11-20(30-31(22)3)19-6-4-5-9-28-19/h4-11,14,18H,2,13,26H2,1,3H3/b15-14+,29-23-/t18-/m0/s1. The summed E-state index contributed by atoms with van der Waals surface area (Å²) in [6.07, 6.45) is 1.73. The van der Waals surface area contributed by atoms with Crippen LogP contribution in [0.15, 0.2) is 70.4 Å². The summed E-state index contributed by atoms with van der Waals surface area (Å²) in [4.78, 5) is 12.5. The first kappa shape index (κ1) is 22.5. The van der Waals surface area contributed by atoms with E-state index in [1.807, 2.05) is 18.2 Å². The minimum Gasteiger partial charge on any atom is -0.438 e. The summed E-state index contributed by atoms with van der Waals surface area (Å²) in [7, 11) is 1.73. The molecule has 0 aliphatic rings. The lowest BCUT2D eigenvalue weighted by Crippen LogP contribution is -2.16. The molecule has 3 rings (SSSR count). The van der Waals surface area contributed by atoms with Crippen molar-refractivity contribution in [2.75, 3.05) is 6.54 Å². The SMILES string of the molecule is C=N/C(=N\C=C(/C)[C@@H](F)CN)c1ccc(C#N)cc1Oc1cc(-c2ccccn2)nn1C. The minimum atomic E-state index is -1.30. The lowest BCUT2D eigenvalue weighted by molar-refractivity contribution is 0.389. The number of hydrogen-bond donors (Lipinski definition) is 1. The van der Waals surface area contributed by atoms with E-state index in [1.165, 1.54) is 6.20 Å². The molecule has 32 heavy (non-hydrogen) atoms. The molecule has 0 fully saturated rings. The number of nitrogens with two attached hydrogens (primary N) is 1. The van der Waals surface area contributed by atoms with Gasteiger partial charge >= 0.3 is 0 Å². The van der Waals surface area contributed by atoms with Crippen LogP contribution < -0.4 is 10.5 Å². The number of rotatable bonds is 7. The number of nitriles is 1. The van der Waals surface area contributed by atoms with Crippen LogP contribution in [-0.2, 0) is 7.05 Å². The molecule has 9 heteroatoms. The summed E-state index contributed by atoms with van der Waals surface area (Å²) < 4.78 is 21.4. The van der Waals surface area contributed by atoms with Crippen LogP contribution in [0.4, 0.5) is 4.39 Å². The van der Waals surface area contributed by atoms with Gasteiger partial charge in [0.05, 0.1) is 22.9 Å². The van der Waals surface area contributed by atoms with Gasteiger partial charge in [-0.1, -0.05) is 6.07 Å². The van der Waals surface area contributed by atoms with Crippen molar-refractivity contribution in [2.24, 2.45) is 22.8 Å². The fourth-order valence-corrected chi connectivity index (χ4v) is 2.78. The number of nitrogens with zero attached hydrogens (tertiary/aromatic N) is 6. The van der Waals surface area contributed by atoms with Gasteiger partial charge < -0.3 is 10.5 Å². The molecule has 0 bridgehead atoms. The second kappa shape index (κ2) is 10.2. The van der Waals surface area contributed by atoms with E-state index in [2.05, 4.69) is 32.9 Å². The third kappa shape index (κ3) is 5.11. The Morgan fingerprint density at radius 2 is 2.16 bits per heavy atom. The average molecular weight is 431 g/mol. The summed E-state index contributed by atoms with van der Waals surface area (Å²) in [6, 6.07) is 14.2. The maximum Gasteiger partial charge on any atom is 0.218 e. The molecule has 2 N–H and O–H groups in total. The average Bonchev–Trinajstić information content (AvgIpc) is 3.19. The van der Waals surface area contributed by atoms with E-state index in [0.29, 0.717) is 39.7 Å². The van der Waals surface area contributed by atoms with Crippen LogP contribution >= 0.6 is 0 Å². The predicted octanol–water partition coefficient (Wildman–Crippen LogP) is 3.79. The number of aliphatic imine (C=N–C) groups is 2. The molecule has 0 amide bonds. The van der Waals surface area contributed by atoms with Crippen LogP contribution in [0.25, 0.3) is 11.4 Å².